The molecule has 6 nitrogen and oxygen atoms in total. The molecule has 0 radical (unpaired) electrons. The fraction of sp³-hybridized carbons (Fsp3) is 0.444. The summed E-state index contributed by atoms with van der Waals surface area (Å²) in [5, 5.41) is 2.28. The summed E-state index contributed by atoms with van der Waals surface area (Å²) in [5.41, 5.74) is 3.77. The van der Waals surface area contributed by atoms with Crippen LogP contribution in [0.15, 0.2) is 17.6 Å². The van der Waals surface area contributed by atoms with Gasteiger partial charge >= 0.3 is 0 Å². The van der Waals surface area contributed by atoms with Gasteiger partial charge in [0.15, 0.2) is 0 Å². The molecule has 3 heterocycles. The van der Waals surface area contributed by atoms with Crippen molar-refractivity contribution in [2.45, 2.75) is 39.8 Å². The largest absolute Gasteiger partial charge is 0.333 e. The normalized spacial score (nSPS) is 14.3. The average Bonchev–Trinajstić information content (AvgIpc) is 3.05. The molecule has 0 spiro atoms. The first-order valence-electron chi connectivity index (χ1n) is 8.78. The van der Waals surface area contributed by atoms with Crippen LogP contribution in [0.4, 0.5) is 0 Å². The van der Waals surface area contributed by atoms with Gasteiger partial charge in [-0.1, -0.05) is 18.5 Å². The highest BCUT2D eigenvalue weighted by Gasteiger charge is 2.26. The number of hydrogen-bond acceptors (Lipinski definition) is 5. The molecule has 3 rings (SSSR count). The molecule has 0 aliphatic carbocycles. The van der Waals surface area contributed by atoms with Crippen molar-refractivity contribution in [2.75, 3.05) is 12.3 Å². The Morgan fingerprint density at radius 1 is 1.44 bits per heavy atom. The van der Waals surface area contributed by atoms with E-state index in [1.54, 1.807) is 22.5 Å². The maximum Gasteiger partial charge on any atom is 0.265 e. The van der Waals surface area contributed by atoms with Crippen molar-refractivity contribution in [3.05, 3.63) is 49.9 Å². The van der Waals surface area contributed by atoms with Crippen LogP contribution in [0.5, 0.6) is 0 Å². The van der Waals surface area contributed by atoms with E-state index < -0.39 is 10.0 Å². The Kier molecular flexibility index (Phi) is 6.20. The molecule has 0 fully saturated rings. The van der Waals surface area contributed by atoms with Crippen LogP contribution in [-0.4, -0.2) is 36.5 Å². The van der Waals surface area contributed by atoms with Gasteiger partial charge in [-0.25, -0.2) is 13.1 Å². The lowest BCUT2D eigenvalue weighted by Crippen LogP contribution is -2.37. The van der Waals surface area contributed by atoms with Gasteiger partial charge in [0.2, 0.25) is 10.0 Å². The third-order valence-corrected chi connectivity index (χ3v) is 7.50. The van der Waals surface area contributed by atoms with Gasteiger partial charge in [0.25, 0.3) is 5.91 Å². The molecule has 9 heteroatoms. The zero-order valence-corrected chi connectivity index (χ0v) is 17.7. The van der Waals surface area contributed by atoms with Crippen molar-refractivity contribution in [1.82, 2.24) is 14.6 Å². The second-order valence-corrected chi connectivity index (χ2v) is 9.79. The Balaban J connectivity index is 1.80. The van der Waals surface area contributed by atoms with E-state index in [-0.39, 0.29) is 18.2 Å². The molecule has 1 N–H and O–H groups in total. The van der Waals surface area contributed by atoms with E-state index in [0.717, 1.165) is 22.4 Å². The Morgan fingerprint density at radius 2 is 2.22 bits per heavy atom. The van der Waals surface area contributed by atoms with Crippen LogP contribution in [0.2, 0.25) is 5.02 Å². The molecule has 0 aromatic carbocycles. The van der Waals surface area contributed by atoms with Crippen LogP contribution in [0.25, 0.3) is 0 Å². The number of carbonyl (C=O) groups excluding carboxylic acids is 1. The van der Waals surface area contributed by atoms with Crippen LogP contribution in [0, 0.1) is 6.92 Å². The molecule has 2 aromatic rings. The van der Waals surface area contributed by atoms with Crippen LogP contribution >= 0.6 is 22.9 Å². The molecular formula is C18H22ClN3O3S2. The number of nitrogens with zero attached hydrogens (tertiary/aromatic N) is 2. The van der Waals surface area contributed by atoms with Crippen molar-refractivity contribution >= 4 is 38.9 Å². The maximum atomic E-state index is 12.7. The number of aryl methyl sites for hydroxylation is 1. The van der Waals surface area contributed by atoms with E-state index in [9.17, 15) is 13.2 Å². The quantitative estimate of drug-likeness (QED) is 0.768. The lowest BCUT2D eigenvalue weighted by molar-refractivity contribution is 0.0739. The molecule has 0 saturated carbocycles. The molecule has 0 atom stereocenters. The molecule has 2 aromatic heterocycles. The minimum Gasteiger partial charge on any atom is -0.333 e. The lowest BCUT2D eigenvalue weighted by atomic mass is 9.95. The van der Waals surface area contributed by atoms with Crippen molar-refractivity contribution < 1.29 is 13.2 Å². The molecule has 146 valence electrons. The summed E-state index contributed by atoms with van der Waals surface area (Å²) in [6, 6.07) is 1.72. The van der Waals surface area contributed by atoms with Gasteiger partial charge in [-0.05, 0) is 47.9 Å². The van der Waals surface area contributed by atoms with Crippen LogP contribution in [-0.2, 0) is 29.5 Å². The van der Waals surface area contributed by atoms with E-state index in [2.05, 4.69) is 9.71 Å². The first-order chi connectivity index (χ1) is 12.8. The minimum atomic E-state index is -3.29. The Hall–Kier alpha value is -1.48. The monoisotopic (exact) mass is 427 g/mol. The van der Waals surface area contributed by atoms with E-state index >= 15 is 0 Å². The number of amides is 1. The number of fused-ring (bicyclic) bond motifs is 1. The third kappa shape index (κ3) is 4.51. The maximum absolute atomic E-state index is 12.7. The van der Waals surface area contributed by atoms with Crippen LogP contribution in [0.3, 0.4) is 0 Å². The Bertz CT molecular complexity index is 957. The van der Waals surface area contributed by atoms with Gasteiger partial charge in [0.1, 0.15) is 4.88 Å². The average molecular weight is 428 g/mol. The molecule has 1 aliphatic heterocycles. The molecule has 1 amide bonds. The highest BCUT2D eigenvalue weighted by Crippen LogP contribution is 2.28. The topological polar surface area (TPSA) is 79.4 Å². The van der Waals surface area contributed by atoms with Gasteiger partial charge < -0.3 is 4.90 Å². The van der Waals surface area contributed by atoms with Gasteiger partial charge in [-0.2, -0.15) is 0 Å². The number of pyridine rings is 1. The van der Waals surface area contributed by atoms with Gasteiger partial charge in [0.05, 0.1) is 10.8 Å². The van der Waals surface area contributed by atoms with E-state index in [1.807, 2.05) is 13.8 Å². The smallest absolute Gasteiger partial charge is 0.265 e. The van der Waals surface area contributed by atoms with Crippen molar-refractivity contribution in [3.63, 3.8) is 0 Å². The summed E-state index contributed by atoms with van der Waals surface area (Å²) < 4.78 is 26.7. The van der Waals surface area contributed by atoms with Crippen molar-refractivity contribution in [3.8, 4) is 0 Å². The van der Waals surface area contributed by atoms with Crippen LogP contribution < -0.4 is 4.72 Å². The number of aromatic nitrogens is 1. The summed E-state index contributed by atoms with van der Waals surface area (Å²) in [6.45, 7) is 4.96. The van der Waals surface area contributed by atoms with Gasteiger partial charge in [-0.3, -0.25) is 9.78 Å². The third-order valence-electron chi connectivity index (χ3n) is 4.64. The molecule has 0 saturated heterocycles. The number of rotatable bonds is 6. The highest BCUT2D eigenvalue weighted by molar-refractivity contribution is 7.89. The summed E-state index contributed by atoms with van der Waals surface area (Å²) in [5.74, 6) is 0.0321. The second kappa shape index (κ2) is 8.26. The minimum absolute atomic E-state index is 0.0774. The number of sulfonamides is 1. The first kappa shape index (κ1) is 20.3. The molecule has 0 bridgehead atoms. The molecular weight excluding hydrogens is 406 g/mol. The van der Waals surface area contributed by atoms with Crippen molar-refractivity contribution in [1.29, 1.82) is 0 Å². The summed E-state index contributed by atoms with van der Waals surface area (Å²) in [7, 11) is -3.29. The zero-order chi connectivity index (χ0) is 19.6. The fourth-order valence-electron chi connectivity index (χ4n) is 3.24. The number of carbonyl (C=O) groups is 1. The number of hydrogen-bond donors (Lipinski definition) is 1. The predicted octanol–water partition coefficient (Wildman–Crippen LogP) is 3.13. The molecule has 1 aliphatic rings. The number of halogens is 1. The van der Waals surface area contributed by atoms with E-state index in [4.69, 9.17) is 11.6 Å². The molecule has 27 heavy (non-hydrogen) atoms. The van der Waals surface area contributed by atoms with Gasteiger partial charge in [-0.15, -0.1) is 11.3 Å². The zero-order valence-electron chi connectivity index (χ0n) is 15.3. The van der Waals surface area contributed by atoms with Crippen LogP contribution in [0.1, 0.15) is 45.4 Å². The number of nitrogens with one attached hydrogen (secondary N) is 1. The first-order valence-corrected chi connectivity index (χ1v) is 11.7. The summed E-state index contributed by atoms with van der Waals surface area (Å²) >= 11 is 7.43. The standard InChI is InChI=1S/C18H22ClN3O3S2/c1-3-8-27(24,25)21-10-15-12(2)20-9-13-11-22(6-4-14(13)15)18(23)17-16(19)5-7-26-17/h5,7,9,21H,3-4,6,8,10-11H2,1-2H3. The van der Waals surface area contributed by atoms with E-state index in [0.29, 0.717) is 35.8 Å². The summed E-state index contributed by atoms with van der Waals surface area (Å²) in [6.07, 6.45) is 3.02. The fourth-order valence-corrected chi connectivity index (χ4v) is 5.39. The summed E-state index contributed by atoms with van der Waals surface area (Å²) in [4.78, 5) is 19.4. The highest BCUT2D eigenvalue weighted by atomic mass is 35.5. The number of thiophene rings is 1. The Labute approximate surface area is 168 Å². The Morgan fingerprint density at radius 3 is 2.89 bits per heavy atom. The predicted molar refractivity (Wildman–Crippen MR) is 108 cm³/mol. The SMILES string of the molecule is CCCS(=O)(=O)NCc1c(C)ncc2c1CCN(C(=O)c1sccc1Cl)C2. The van der Waals surface area contributed by atoms with Crippen molar-refractivity contribution in [2.24, 2.45) is 0 Å². The second-order valence-electron chi connectivity index (χ2n) is 6.54. The van der Waals surface area contributed by atoms with Gasteiger partial charge in [0, 0.05) is 31.5 Å². The molecule has 0 unspecified atom stereocenters. The van der Waals surface area contributed by atoms with E-state index in [1.165, 1.54) is 11.3 Å². The lowest BCUT2D eigenvalue weighted by Gasteiger charge is -2.30.